The van der Waals surface area contributed by atoms with Crippen molar-refractivity contribution in [3.8, 4) is 28.7 Å². The molecule has 3 rings (SSSR count). The first-order chi connectivity index (χ1) is 13.5. The van der Waals surface area contributed by atoms with E-state index in [4.69, 9.17) is 18.9 Å². The summed E-state index contributed by atoms with van der Waals surface area (Å²) in [6, 6.07) is 7.86. The summed E-state index contributed by atoms with van der Waals surface area (Å²) in [5.74, 6) is 0.758. The molecular weight excluding hydrogens is 374 g/mol. The Morgan fingerprint density at radius 1 is 1.04 bits per heavy atom. The van der Waals surface area contributed by atoms with Crippen LogP contribution in [0.15, 0.2) is 36.4 Å². The van der Waals surface area contributed by atoms with Gasteiger partial charge in [0.2, 0.25) is 5.75 Å². The molecule has 0 saturated carbocycles. The third-order valence-corrected chi connectivity index (χ3v) is 3.94. The normalized spacial score (nSPS) is 12.9. The maximum Gasteiger partial charge on any atom is 0.387 e. The lowest BCUT2D eigenvalue weighted by molar-refractivity contribution is -0.0526. The summed E-state index contributed by atoms with van der Waals surface area (Å²) in [6.07, 6.45) is 2.88. The molecule has 0 bridgehead atoms. The lowest BCUT2D eigenvalue weighted by atomic mass is 10.1. The lowest BCUT2D eigenvalue weighted by Gasteiger charge is -2.18. The Balaban J connectivity index is 1.84. The van der Waals surface area contributed by atoms with E-state index in [2.05, 4.69) is 4.74 Å². The van der Waals surface area contributed by atoms with Gasteiger partial charge in [0.15, 0.2) is 28.8 Å². The summed E-state index contributed by atoms with van der Waals surface area (Å²) in [4.78, 5) is 12.5. The molecule has 1 aliphatic rings. The molecule has 2 aromatic carbocycles. The number of carbonyl (C=O) groups is 1. The van der Waals surface area contributed by atoms with Gasteiger partial charge in [-0.1, -0.05) is 6.08 Å². The van der Waals surface area contributed by atoms with Gasteiger partial charge in [-0.05, 0) is 42.0 Å². The van der Waals surface area contributed by atoms with Crippen LogP contribution in [-0.2, 0) is 0 Å². The van der Waals surface area contributed by atoms with Gasteiger partial charge in [-0.3, -0.25) is 4.79 Å². The van der Waals surface area contributed by atoms with Crippen LogP contribution < -0.4 is 23.7 Å². The van der Waals surface area contributed by atoms with E-state index in [1.807, 2.05) is 0 Å². The molecule has 0 amide bonds. The highest BCUT2D eigenvalue weighted by atomic mass is 19.3. The lowest BCUT2D eigenvalue weighted by Crippen LogP contribution is -2.15. The van der Waals surface area contributed by atoms with E-state index in [0.717, 1.165) is 0 Å². The third kappa shape index (κ3) is 4.33. The number of ether oxygens (including phenoxy) is 5. The molecule has 0 N–H and O–H groups in total. The van der Waals surface area contributed by atoms with Crippen LogP contribution >= 0.6 is 0 Å². The minimum Gasteiger partial charge on any atom is -0.493 e. The van der Waals surface area contributed by atoms with Gasteiger partial charge in [0.1, 0.15) is 13.2 Å². The van der Waals surface area contributed by atoms with E-state index >= 15 is 0 Å². The number of alkyl halides is 2. The van der Waals surface area contributed by atoms with Crippen molar-refractivity contribution in [3.05, 3.63) is 47.5 Å². The van der Waals surface area contributed by atoms with E-state index in [1.54, 1.807) is 18.2 Å². The smallest absolute Gasteiger partial charge is 0.387 e. The van der Waals surface area contributed by atoms with Crippen LogP contribution in [0.3, 0.4) is 0 Å². The van der Waals surface area contributed by atoms with Crippen molar-refractivity contribution in [2.45, 2.75) is 6.61 Å². The van der Waals surface area contributed by atoms with Gasteiger partial charge in [-0.25, -0.2) is 0 Å². The predicted octanol–water partition coefficient (Wildman–Crippen LogP) is 3.97. The Labute approximate surface area is 160 Å². The number of rotatable bonds is 7. The molecule has 0 aliphatic carbocycles. The Hall–Kier alpha value is -3.29. The Bertz CT molecular complexity index is 869. The van der Waals surface area contributed by atoms with Crippen LogP contribution in [-0.4, -0.2) is 39.8 Å². The Morgan fingerprint density at radius 2 is 1.68 bits per heavy atom. The third-order valence-electron chi connectivity index (χ3n) is 3.94. The van der Waals surface area contributed by atoms with Gasteiger partial charge in [-0.2, -0.15) is 8.78 Å². The van der Waals surface area contributed by atoms with Gasteiger partial charge < -0.3 is 23.7 Å². The van der Waals surface area contributed by atoms with Crippen molar-refractivity contribution < 1.29 is 37.3 Å². The maximum atomic E-state index is 12.6. The van der Waals surface area contributed by atoms with Crippen LogP contribution in [0.4, 0.5) is 8.78 Å². The molecule has 0 unspecified atom stereocenters. The second-order valence-corrected chi connectivity index (χ2v) is 5.69. The largest absolute Gasteiger partial charge is 0.493 e. The predicted molar refractivity (Wildman–Crippen MR) is 97.0 cm³/mol. The first-order valence-corrected chi connectivity index (χ1v) is 8.34. The van der Waals surface area contributed by atoms with Crippen molar-refractivity contribution in [1.29, 1.82) is 0 Å². The number of hydrogen-bond acceptors (Lipinski definition) is 6. The van der Waals surface area contributed by atoms with Crippen molar-refractivity contribution >= 4 is 11.9 Å². The maximum absolute atomic E-state index is 12.6. The summed E-state index contributed by atoms with van der Waals surface area (Å²) in [5, 5.41) is 0. The number of halogens is 2. The fourth-order valence-electron chi connectivity index (χ4n) is 2.67. The van der Waals surface area contributed by atoms with Crippen LogP contribution in [0, 0.1) is 0 Å². The van der Waals surface area contributed by atoms with Crippen LogP contribution in [0.2, 0.25) is 0 Å². The fraction of sp³-hybridized carbons (Fsp3) is 0.250. The number of hydrogen-bond donors (Lipinski definition) is 0. The highest BCUT2D eigenvalue weighted by Gasteiger charge is 2.18. The molecule has 1 aliphatic heterocycles. The molecule has 0 fully saturated rings. The summed E-state index contributed by atoms with van der Waals surface area (Å²) in [6.45, 7) is -2.14. The summed E-state index contributed by atoms with van der Waals surface area (Å²) in [5.41, 5.74) is 0.943. The summed E-state index contributed by atoms with van der Waals surface area (Å²) in [7, 11) is 2.64. The van der Waals surface area contributed by atoms with E-state index in [9.17, 15) is 13.6 Å². The zero-order chi connectivity index (χ0) is 20.1. The Kier molecular flexibility index (Phi) is 5.98. The monoisotopic (exact) mass is 392 g/mol. The highest BCUT2D eigenvalue weighted by Crippen LogP contribution is 2.40. The highest BCUT2D eigenvalue weighted by molar-refractivity contribution is 6.07. The number of allylic oxidation sites excluding steroid dienone is 1. The van der Waals surface area contributed by atoms with E-state index in [-0.39, 0.29) is 23.0 Å². The van der Waals surface area contributed by atoms with Crippen LogP contribution in [0.1, 0.15) is 15.9 Å². The van der Waals surface area contributed by atoms with Crippen LogP contribution in [0.25, 0.3) is 6.08 Å². The van der Waals surface area contributed by atoms with Crippen molar-refractivity contribution in [1.82, 2.24) is 0 Å². The summed E-state index contributed by atoms with van der Waals surface area (Å²) < 4.78 is 50.8. The molecule has 0 atom stereocenters. The molecule has 0 saturated heterocycles. The molecule has 2 aromatic rings. The molecule has 8 heteroatoms. The minimum atomic E-state index is -3.03. The number of methoxy groups -OCH3 is 2. The zero-order valence-corrected chi connectivity index (χ0v) is 15.2. The average molecular weight is 392 g/mol. The number of ketones is 1. The quantitative estimate of drug-likeness (QED) is 0.525. The first kappa shape index (κ1) is 19.5. The SMILES string of the molecule is COc1cc(/C=C/C(=O)c2ccc3c(c2)OCCO3)cc(OC)c1OC(F)F. The van der Waals surface area contributed by atoms with Gasteiger partial charge in [0.25, 0.3) is 0 Å². The molecule has 0 spiro atoms. The minimum absolute atomic E-state index is 0.0612. The molecule has 1 heterocycles. The topological polar surface area (TPSA) is 63.2 Å². The first-order valence-electron chi connectivity index (χ1n) is 8.34. The van der Waals surface area contributed by atoms with E-state index in [1.165, 1.54) is 38.5 Å². The molecule has 148 valence electrons. The van der Waals surface area contributed by atoms with Gasteiger partial charge in [-0.15, -0.1) is 0 Å². The number of fused-ring (bicyclic) bond motifs is 1. The van der Waals surface area contributed by atoms with E-state index in [0.29, 0.717) is 35.8 Å². The molecule has 0 radical (unpaired) electrons. The second kappa shape index (κ2) is 8.60. The fourth-order valence-corrected chi connectivity index (χ4v) is 2.67. The standard InChI is InChI=1S/C20H18F2O6/c1-24-17-9-12(10-18(25-2)19(17)28-20(21)22)3-5-14(23)13-4-6-15-16(11-13)27-8-7-26-15/h3-6,9-11,20H,7-8H2,1-2H3/b5-3+. The van der Waals surface area contributed by atoms with Crippen molar-refractivity contribution in [3.63, 3.8) is 0 Å². The average Bonchev–Trinajstić information content (AvgIpc) is 2.71. The molecule has 6 nitrogen and oxygen atoms in total. The molecule has 28 heavy (non-hydrogen) atoms. The summed E-state index contributed by atoms with van der Waals surface area (Å²) >= 11 is 0. The number of carbonyl (C=O) groups excluding carboxylic acids is 1. The van der Waals surface area contributed by atoms with Gasteiger partial charge in [0, 0.05) is 5.56 Å². The van der Waals surface area contributed by atoms with Gasteiger partial charge in [0.05, 0.1) is 14.2 Å². The molecular formula is C20H18F2O6. The van der Waals surface area contributed by atoms with Crippen molar-refractivity contribution in [2.75, 3.05) is 27.4 Å². The van der Waals surface area contributed by atoms with Crippen molar-refractivity contribution in [2.24, 2.45) is 0 Å². The number of benzene rings is 2. The Morgan fingerprint density at radius 3 is 2.29 bits per heavy atom. The molecule has 0 aromatic heterocycles. The zero-order valence-electron chi connectivity index (χ0n) is 15.2. The van der Waals surface area contributed by atoms with E-state index < -0.39 is 6.61 Å². The van der Waals surface area contributed by atoms with Crippen LogP contribution in [0.5, 0.6) is 28.7 Å². The second-order valence-electron chi connectivity index (χ2n) is 5.69. The van der Waals surface area contributed by atoms with Gasteiger partial charge >= 0.3 is 6.61 Å².